The van der Waals surface area contributed by atoms with Gasteiger partial charge in [0.2, 0.25) is 0 Å². The van der Waals surface area contributed by atoms with E-state index >= 15 is 0 Å². The predicted octanol–water partition coefficient (Wildman–Crippen LogP) is 0.944. The Morgan fingerprint density at radius 2 is 2.00 bits per heavy atom. The van der Waals surface area contributed by atoms with E-state index in [4.69, 9.17) is 0 Å². The van der Waals surface area contributed by atoms with Gasteiger partial charge in [0.05, 0.1) is 11.4 Å². The van der Waals surface area contributed by atoms with Crippen LogP contribution in [-0.4, -0.2) is 70.3 Å². The second kappa shape index (κ2) is 9.14. The number of hydrogen-bond donors (Lipinski definition) is 1. The van der Waals surface area contributed by atoms with Gasteiger partial charge in [0.25, 0.3) is 11.5 Å². The van der Waals surface area contributed by atoms with Crippen LogP contribution in [0.3, 0.4) is 0 Å². The van der Waals surface area contributed by atoms with Crippen molar-refractivity contribution in [2.75, 3.05) is 44.7 Å². The van der Waals surface area contributed by atoms with Crippen LogP contribution >= 0.6 is 11.3 Å². The average molecular weight is 426 g/mol. The molecule has 0 saturated carbocycles. The number of nitrogens with one attached hydrogen (secondary N) is 1. The Kier molecular flexibility index (Phi) is 6.15. The van der Waals surface area contributed by atoms with Crippen molar-refractivity contribution in [1.29, 1.82) is 0 Å². The van der Waals surface area contributed by atoms with Crippen LogP contribution in [0.5, 0.6) is 0 Å². The van der Waals surface area contributed by atoms with E-state index in [1.54, 1.807) is 23.5 Å². The van der Waals surface area contributed by atoms with Gasteiger partial charge in [-0.1, -0.05) is 6.07 Å². The number of aromatic nitrogens is 4. The van der Waals surface area contributed by atoms with E-state index < -0.39 is 0 Å². The number of nitrogens with zero attached hydrogens (tertiary/aromatic N) is 6. The Morgan fingerprint density at radius 3 is 2.77 bits per heavy atom. The molecule has 3 aromatic heterocycles. The number of anilines is 1. The van der Waals surface area contributed by atoms with Crippen LogP contribution in [-0.2, 0) is 6.54 Å². The molecule has 1 aliphatic rings. The van der Waals surface area contributed by atoms with E-state index in [2.05, 4.69) is 37.2 Å². The summed E-state index contributed by atoms with van der Waals surface area (Å²) in [5.74, 6) is 0.458. The number of rotatable bonds is 6. The first-order valence-electron chi connectivity index (χ1n) is 9.76. The van der Waals surface area contributed by atoms with E-state index in [9.17, 15) is 9.59 Å². The van der Waals surface area contributed by atoms with E-state index in [0.717, 1.165) is 42.6 Å². The monoisotopic (exact) mass is 425 g/mol. The molecule has 1 saturated heterocycles. The second-order valence-electron chi connectivity index (χ2n) is 7.06. The number of carbonyl (C=O) groups is 1. The molecule has 0 atom stereocenters. The second-order valence-corrected chi connectivity index (χ2v) is 8.01. The van der Waals surface area contributed by atoms with Gasteiger partial charge in [-0.05, 0) is 24.6 Å². The van der Waals surface area contributed by atoms with Gasteiger partial charge in [0, 0.05) is 44.9 Å². The fraction of sp³-hybridized carbons (Fsp3) is 0.350. The first-order valence-corrected chi connectivity index (χ1v) is 10.6. The van der Waals surface area contributed by atoms with Crippen molar-refractivity contribution in [2.45, 2.75) is 6.54 Å². The Morgan fingerprint density at radius 1 is 1.17 bits per heavy atom. The van der Waals surface area contributed by atoms with Crippen molar-refractivity contribution in [3.05, 3.63) is 58.1 Å². The first kappa shape index (κ1) is 20.2. The molecule has 10 heteroatoms. The van der Waals surface area contributed by atoms with Gasteiger partial charge in [0.1, 0.15) is 23.5 Å². The van der Waals surface area contributed by atoms with Crippen molar-refractivity contribution in [3.8, 4) is 10.6 Å². The summed E-state index contributed by atoms with van der Waals surface area (Å²) in [6.45, 7) is 4.19. The lowest BCUT2D eigenvalue weighted by atomic mass is 10.3. The normalized spacial score (nSPS) is 14.6. The highest BCUT2D eigenvalue weighted by Gasteiger charge is 2.17. The molecule has 4 rings (SSSR count). The lowest BCUT2D eigenvalue weighted by molar-refractivity contribution is 0.0946. The van der Waals surface area contributed by atoms with Crippen LogP contribution in [0.15, 0.2) is 46.8 Å². The average Bonchev–Trinajstić information content (AvgIpc) is 3.30. The lowest BCUT2D eigenvalue weighted by Crippen LogP contribution is -2.45. The molecule has 30 heavy (non-hydrogen) atoms. The number of hydrogen-bond acceptors (Lipinski definition) is 8. The number of likely N-dealkylation sites (N-methyl/N-ethyl adjacent to an activating group) is 1. The fourth-order valence-corrected chi connectivity index (χ4v) is 3.90. The molecular formula is C20H23N7O2S. The van der Waals surface area contributed by atoms with Gasteiger partial charge >= 0.3 is 0 Å². The van der Waals surface area contributed by atoms with Gasteiger partial charge < -0.3 is 15.1 Å². The van der Waals surface area contributed by atoms with Crippen molar-refractivity contribution in [3.63, 3.8) is 0 Å². The van der Waals surface area contributed by atoms with Crippen molar-refractivity contribution in [1.82, 2.24) is 30.0 Å². The molecule has 1 fully saturated rings. The van der Waals surface area contributed by atoms with Gasteiger partial charge in [0.15, 0.2) is 0 Å². The molecule has 0 radical (unpaired) electrons. The number of thiophene rings is 1. The summed E-state index contributed by atoms with van der Waals surface area (Å²) in [6, 6.07) is 8.81. The van der Waals surface area contributed by atoms with Crippen LogP contribution in [0.4, 0.5) is 5.82 Å². The third-order valence-corrected chi connectivity index (χ3v) is 5.85. The van der Waals surface area contributed by atoms with Crippen molar-refractivity contribution in [2.24, 2.45) is 0 Å². The lowest BCUT2D eigenvalue weighted by Gasteiger charge is -2.33. The maximum atomic E-state index is 12.5. The zero-order chi connectivity index (χ0) is 20.9. The van der Waals surface area contributed by atoms with Crippen LogP contribution in [0, 0.1) is 0 Å². The standard InChI is InChI=1S/C20H23N7O2S/c1-25-8-10-26(11-9-25)18-13-16(22-14-23-18)20(29)21-6-7-27-19(28)5-4-15(24-27)17-3-2-12-30-17/h2-5,12-14H,6-11H2,1H3,(H,21,29). The SMILES string of the molecule is CN1CCN(c2cc(C(=O)NCCn3nc(-c4cccs4)ccc3=O)ncn2)CC1. The maximum Gasteiger partial charge on any atom is 0.270 e. The highest BCUT2D eigenvalue weighted by Crippen LogP contribution is 2.21. The Labute approximate surface area is 178 Å². The smallest absolute Gasteiger partial charge is 0.270 e. The zero-order valence-corrected chi connectivity index (χ0v) is 17.5. The van der Waals surface area contributed by atoms with E-state index in [-0.39, 0.29) is 24.6 Å². The van der Waals surface area contributed by atoms with Gasteiger partial charge in [-0.25, -0.2) is 14.6 Å². The molecule has 156 valence electrons. The number of amides is 1. The summed E-state index contributed by atoms with van der Waals surface area (Å²) >= 11 is 1.56. The van der Waals surface area contributed by atoms with Crippen LogP contribution in [0.1, 0.15) is 10.5 Å². The molecule has 1 N–H and O–H groups in total. The minimum atomic E-state index is -0.296. The summed E-state index contributed by atoms with van der Waals surface area (Å²) in [6.07, 6.45) is 1.42. The number of piperazine rings is 1. The largest absolute Gasteiger partial charge is 0.354 e. The third-order valence-electron chi connectivity index (χ3n) is 4.96. The molecule has 0 spiro atoms. The Hall–Kier alpha value is -3.11. The minimum Gasteiger partial charge on any atom is -0.354 e. The van der Waals surface area contributed by atoms with Crippen molar-refractivity contribution >= 4 is 23.1 Å². The van der Waals surface area contributed by atoms with Crippen LogP contribution in [0.25, 0.3) is 10.6 Å². The third kappa shape index (κ3) is 4.71. The fourth-order valence-electron chi connectivity index (χ4n) is 3.21. The zero-order valence-electron chi connectivity index (χ0n) is 16.7. The molecule has 0 aromatic carbocycles. The summed E-state index contributed by atoms with van der Waals surface area (Å²) in [5, 5.41) is 9.17. The molecular weight excluding hydrogens is 402 g/mol. The molecule has 0 unspecified atom stereocenters. The minimum absolute atomic E-state index is 0.205. The van der Waals surface area contributed by atoms with Crippen molar-refractivity contribution < 1.29 is 4.79 Å². The Bertz CT molecular complexity index is 1060. The highest BCUT2D eigenvalue weighted by atomic mass is 32.1. The molecule has 0 bridgehead atoms. The molecule has 4 heterocycles. The number of carbonyl (C=O) groups excluding carboxylic acids is 1. The summed E-state index contributed by atoms with van der Waals surface area (Å²) < 4.78 is 1.37. The summed E-state index contributed by atoms with van der Waals surface area (Å²) in [4.78, 5) is 38.4. The van der Waals surface area contributed by atoms with Crippen LogP contribution in [0.2, 0.25) is 0 Å². The van der Waals surface area contributed by atoms with Gasteiger partial charge in [-0.2, -0.15) is 5.10 Å². The maximum absolute atomic E-state index is 12.5. The van der Waals surface area contributed by atoms with E-state index in [1.807, 2.05) is 17.5 Å². The highest BCUT2D eigenvalue weighted by molar-refractivity contribution is 7.13. The predicted molar refractivity (Wildman–Crippen MR) is 116 cm³/mol. The summed E-state index contributed by atoms with van der Waals surface area (Å²) in [7, 11) is 2.09. The van der Waals surface area contributed by atoms with Crippen LogP contribution < -0.4 is 15.8 Å². The molecule has 0 aliphatic carbocycles. The topological polar surface area (TPSA) is 96.2 Å². The molecule has 1 aliphatic heterocycles. The van der Waals surface area contributed by atoms with E-state index in [1.165, 1.54) is 17.1 Å². The quantitative estimate of drug-likeness (QED) is 0.628. The van der Waals surface area contributed by atoms with Gasteiger partial charge in [-0.15, -0.1) is 11.3 Å². The summed E-state index contributed by atoms with van der Waals surface area (Å²) in [5.41, 5.74) is 0.846. The molecule has 1 amide bonds. The van der Waals surface area contributed by atoms with Gasteiger partial charge in [-0.3, -0.25) is 9.59 Å². The first-order chi connectivity index (χ1) is 14.6. The molecule has 9 nitrogen and oxygen atoms in total. The molecule has 3 aromatic rings. The Balaban J connectivity index is 1.37. The van der Waals surface area contributed by atoms with E-state index in [0.29, 0.717) is 5.69 Å².